The van der Waals surface area contributed by atoms with Gasteiger partial charge in [-0.1, -0.05) is 54.2 Å². The van der Waals surface area contributed by atoms with Gasteiger partial charge in [0.2, 0.25) is 5.91 Å². The Kier molecular flexibility index (Phi) is 5.35. The maximum atomic E-state index is 12.1. The Morgan fingerprint density at radius 1 is 1.12 bits per heavy atom. The first-order valence-electron chi connectivity index (χ1n) is 7.66. The normalized spacial score (nSPS) is 12.0. The molecule has 1 heterocycles. The number of fused-ring (bicyclic) bond motifs is 1. The van der Waals surface area contributed by atoms with Crippen molar-refractivity contribution in [3.8, 4) is 0 Å². The predicted octanol–water partition coefficient (Wildman–Crippen LogP) is 2.73. The summed E-state index contributed by atoms with van der Waals surface area (Å²) in [5.41, 5.74) is 2.22. The van der Waals surface area contributed by atoms with Crippen LogP contribution in [0.5, 0.6) is 0 Å². The number of hydrogen-bond donors (Lipinski definition) is 2. The van der Waals surface area contributed by atoms with Crippen LogP contribution in [0.2, 0.25) is 0 Å². The number of para-hydroxylation sites is 2. The van der Waals surface area contributed by atoms with E-state index in [0.717, 1.165) is 22.8 Å². The van der Waals surface area contributed by atoms with Crippen molar-refractivity contribution in [2.75, 3.05) is 5.75 Å². The van der Waals surface area contributed by atoms with Gasteiger partial charge in [-0.05, 0) is 17.7 Å². The summed E-state index contributed by atoms with van der Waals surface area (Å²) in [7, 11) is 0. The van der Waals surface area contributed by atoms with Crippen LogP contribution in [-0.4, -0.2) is 33.8 Å². The SMILES string of the molecule is O=C(CSc1nc2ccccc2o1)NC(Cc1ccccc1)C(=O)O. The van der Waals surface area contributed by atoms with Gasteiger partial charge in [0, 0.05) is 6.42 Å². The summed E-state index contributed by atoms with van der Waals surface area (Å²) in [5, 5.41) is 12.2. The molecule has 1 unspecified atom stereocenters. The minimum Gasteiger partial charge on any atom is -0.480 e. The van der Waals surface area contributed by atoms with Crippen molar-refractivity contribution in [3.63, 3.8) is 0 Å². The molecule has 0 spiro atoms. The number of benzene rings is 2. The number of carbonyl (C=O) groups excluding carboxylic acids is 1. The number of aliphatic carboxylic acids is 1. The van der Waals surface area contributed by atoms with Crippen molar-refractivity contribution in [1.82, 2.24) is 10.3 Å². The Morgan fingerprint density at radius 2 is 1.84 bits per heavy atom. The van der Waals surface area contributed by atoms with Crippen LogP contribution in [0.15, 0.2) is 64.2 Å². The number of thioether (sulfide) groups is 1. The highest BCUT2D eigenvalue weighted by Gasteiger charge is 2.20. The highest BCUT2D eigenvalue weighted by Crippen LogP contribution is 2.22. The summed E-state index contributed by atoms with van der Waals surface area (Å²) < 4.78 is 5.52. The zero-order valence-electron chi connectivity index (χ0n) is 13.2. The number of carboxylic acid groups (broad SMARTS) is 1. The Balaban J connectivity index is 1.57. The summed E-state index contributed by atoms with van der Waals surface area (Å²) in [4.78, 5) is 27.7. The first kappa shape index (κ1) is 17.0. The minimum atomic E-state index is -1.07. The molecule has 0 saturated carbocycles. The smallest absolute Gasteiger partial charge is 0.326 e. The molecule has 1 amide bonds. The van der Waals surface area contributed by atoms with Crippen molar-refractivity contribution in [3.05, 3.63) is 60.2 Å². The first-order valence-corrected chi connectivity index (χ1v) is 8.65. The number of hydrogen-bond acceptors (Lipinski definition) is 5. The second-order valence-corrected chi connectivity index (χ2v) is 6.31. The van der Waals surface area contributed by atoms with Gasteiger partial charge in [0.15, 0.2) is 5.58 Å². The van der Waals surface area contributed by atoms with Crippen LogP contribution in [0, 0.1) is 0 Å². The number of carboxylic acids is 1. The van der Waals surface area contributed by atoms with E-state index < -0.39 is 12.0 Å². The van der Waals surface area contributed by atoms with Crippen LogP contribution in [0.3, 0.4) is 0 Å². The zero-order chi connectivity index (χ0) is 17.6. The van der Waals surface area contributed by atoms with Crippen molar-refractivity contribution in [1.29, 1.82) is 0 Å². The quantitative estimate of drug-likeness (QED) is 0.633. The molecular formula is C18H16N2O4S. The highest BCUT2D eigenvalue weighted by atomic mass is 32.2. The first-order chi connectivity index (χ1) is 12.1. The van der Waals surface area contributed by atoms with Gasteiger partial charge in [-0.2, -0.15) is 0 Å². The number of oxazole rings is 1. The summed E-state index contributed by atoms with van der Waals surface area (Å²) in [6.07, 6.45) is 0.232. The molecule has 25 heavy (non-hydrogen) atoms. The molecule has 1 atom stereocenters. The molecule has 0 aliphatic heterocycles. The predicted molar refractivity (Wildman–Crippen MR) is 94.4 cm³/mol. The molecule has 6 nitrogen and oxygen atoms in total. The van der Waals surface area contributed by atoms with Gasteiger partial charge < -0.3 is 14.8 Å². The fourth-order valence-corrected chi connectivity index (χ4v) is 2.98. The van der Waals surface area contributed by atoms with Crippen molar-refractivity contribution in [2.24, 2.45) is 0 Å². The van der Waals surface area contributed by atoms with E-state index >= 15 is 0 Å². The van der Waals surface area contributed by atoms with E-state index in [9.17, 15) is 14.7 Å². The van der Waals surface area contributed by atoms with E-state index in [2.05, 4.69) is 10.3 Å². The topological polar surface area (TPSA) is 92.4 Å². The Bertz CT molecular complexity index is 846. The standard InChI is InChI=1S/C18H16N2O4S/c21-16(11-25-18-20-13-8-4-5-9-15(13)24-18)19-14(17(22)23)10-12-6-2-1-3-7-12/h1-9,14H,10-11H2,(H,19,21)(H,22,23). The van der Waals surface area contributed by atoms with Gasteiger partial charge in [-0.3, -0.25) is 4.79 Å². The second-order valence-electron chi connectivity index (χ2n) is 5.38. The average molecular weight is 356 g/mol. The number of amides is 1. The van der Waals surface area contributed by atoms with Crippen molar-refractivity contribution in [2.45, 2.75) is 17.7 Å². The molecule has 2 N–H and O–H groups in total. The molecule has 1 aromatic heterocycles. The molecule has 0 aliphatic carbocycles. The van der Waals surface area contributed by atoms with Gasteiger partial charge in [0.25, 0.3) is 5.22 Å². The third kappa shape index (κ3) is 4.60. The summed E-state index contributed by atoms with van der Waals surface area (Å²) in [6, 6.07) is 15.5. The third-order valence-electron chi connectivity index (χ3n) is 3.52. The zero-order valence-corrected chi connectivity index (χ0v) is 14.0. The second kappa shape index (κ2) is 7.85. The van der Waals surface area contributed by atoms with E-state index in [1.54, 1.807) is 6.07 Å². The van der Waals surface area contributed by atoms with E-state index in [-0.39, 0.29) is 18.1 Å². The number of aromatic nitrogens is 1. The van der Waals surface area contributed by atoms with Gasteiger partial charge in [-0.15, -0.1) is 0 Å². The molecule has 0 aliphatic rings. The maximum Gasteiger partial charge on any atom is 0.326 e. The molecule has 3 rings (SSSR count). The Hall–Kier alpha value is -2.80. The lowest BCUT2D eigenvalue weighted by Crippen LogP contribution is -2.43. The summed E-state index contributed by atoms with van der Waals surface area (Å²) in [6.45, 7) is 0. The monoisotopic (exact) mass is 356 g/mol. The van der Waals surface area contributed by atoms with Crippen molar-refractivity contribution >= 4 is 34.7 Å². The number of nitrogens with one attached hydrogen (secondary N) is 1. The fourth-order valence-electron chi connectivity index (χ4n) is 2.33. The van der Waals surface area contributed by atoms with Crippen LogP contribution < -0.4 is 5.32 Å². The highest BCUT2D eigenvalue weighted by molar-refractivity contribution is 7.99. The average Bonchev–Trinajstić information content (AvgIpc) is 3.03. The molecule has 0 radical (unpaired) electrons. The maximum absolute atomic E-state index is 12.1. The van der Waals surface area contributed by atoms with Crippen LogP contribution in [0.4, 0.5) is 0 Å². The lowest BCUT2D eigenvalue weighted by Gasteiger charge is -2.14. The molecule has 3 aromatic rings. The van der Waals surface area contributed by atoms with Crippen LogP contribution in [0.1, 0.15) is 5.56 Å². The Labute approximate surface area is 148 Å². The molecule has 0 bridgehead atoms. The minimum absolute atomic E-state index is 0.0331. The van der Waals surface area contributed by atoms with E-state index in [4.69, 9.17) is 4.42 Å². The van der Waals surface area contributed by atoms with Gasteiger partial charge in [0.1, 0.15) is 11.6 Å². The van der Waals surface area contributed by atoms with Crippen LogP contribution in [-0.2, 0) is 16.0 Å². The molecule has 0 saturated heterocycles. The van der Waals surface area contributed by atoms with E-state index in [1.165, 1.54) is 0 Å². The van der Waals surface area contributed by atoms with Crippen molar-refractivity contribution < 1.29 is 19.1 Å². The van der Waals surface area contributed by atoms with Gasteiger partial charge in [-0.25, -0.2) is 9.78 Å². The largest absolute Gasteiger partial charge is 0.480 e. The van der Waals surface area contributed by atoms with E-state index in [0.29, 0.717) is 10.8 Å². The molecule has 128 valence electrons. The van der Waals surface area contributed by atoms with Crippen LogP contribution in [0.25, 0.3) is 11.1 Å². The molecule has 7 heteroatoms. The molecular weight excluding hydrogens is 340 g/mol. The van der Waals surface area contributed by atoms with Gasteiger partial charge in [0.05, 0.1) is 5.75 Å². The third-order valence-corrected chi connectivity index (χ3v) is 4.35. The lowest BCUT2D eigenvalue weighted by molar-refractivity contribution is -0.141. The molecule has 2 aromatic carbocycles. The number of nitrogens with zero attached hydrogens (tertiary/aromatic N) is 1. The lowest BCUT2D eigenvalue weighted by atomic mass is 10.1. The summed E-state index contributed by atoms with van der Waals surface area (Å²) in [5.74, 6) is -1.41. The number of rotatable bonds is 7. The van der Waals surface area contributed by atoms with E-state index in [1.807, 2.05) is 48.5 Å². The van der Waals surface area contributed by atoms with Gasteiger partial charge >= 0.3 is 5.97 Å². The van der Waals surface area contributed by atoms with Crippen LogP contribution >= 0.6 is 11.8 Å². The Morgan fingerprint density at radius 3 is 2.56 bits per heavy atom. The molecule has 0 fully saturated rings. The number of carbonyl (C=O) groups is 2. The fraction of sp³-hybridized carbons (Fsp3) is 0.167. The summed E-state index contributed by atoms with van der Waals surface area (Å²) >= 11 is 1.13.